The van der Waals surface area contributed by atoms with Crippen molar-refractivity contribution in [2.75, 3.05) is 7.11 Å². The smallest absolute Gasteiger partial charge is 0.219 e. The van der Waals surface area contributed by atoms with Crippen LogP contribution >= 0.6 is 11.6 Å². The normalized spacial score (nSPS) is 10.2. The van der Waals surface area contributed by atoms with Gasteiger partial charge in [0.25, 0.3) is 0 Å². The summed E-state index contributed by atoms with van der Waals surface area (Å²) in [4.78, 5) is 4.25. The van der Waals surface area contributed by atoms with Gasteiger partial charge in [-0.15, -0.1) is 0 Å². The SMILES string of the molecule is COc1ccccc1Oc1ccc(OCc2ccccc2Cl)cn1. The van der Waals surface area contributed by atoms with Gasteiger partial charge in [0.1, 0.15) is 12.4 Å². The molecule has 1 aromatic heterocycles. The zero-order chi connectivity index (χ0) is 16.8. The fourth-order valence-corrected chi connectivity index (χ4v) is 2.30. The molecule has 0 aliphatic heterocycles. The van der Waals surface area contributed by atoms with E-state index in [9.17, 15) is 0 Å². The van der Waals surface area contributed by atoms with E-state index < -0.39 is 0 Å². The van der Waals surface area contributed by atoms with Crippen LogP contribution in [0, 0.1) is 0 Å². The summed E-state index contributed by atoms with van der Waals surface area (Å²) < 4.78 is 16.7. The van der Waals surface area contributed by atoms with Crippen LogP contribution in [0.2, 0.25) is 5.02 Å². The van der Waals surface area contributed by atoms with Crippen molar-refractivity contribution in [1.82, 2.24) is 4.98 Å². The maximum absolute atomic E-state index is 6.11. The van der Waals surface area contributed by atoms with Gasteiger partial charge in [0, 0.05) is 16.7 Å². The number of pyridine rings is 1. The van der Waals surface area contributed by atoms with Crippen molar-refractivity contribution in [3.8, 4) is 23.1 Å². The summed E-state index contributed by atoms with van der Waals surface area (Å²) in [7, 11) is 1.60. The van der Waals surface area contributed by atoms with Crippen molar-refractivity contribution in [3.05, 3.63) is 77.4 Å². The minimum atomic E-state index is 0.383. The lowest BCUT2D eigenvalue weighted by Crippen LogP contribution is -1.97. The first-order valence-corrected chi connectivity index (χ1v) is 7.77. The minimum Gasteiger partial charge on any atom is -0.493 e. The Morgan fingerprint density at radius 2 is 1.67 bits per heavy atom. The van der Waals surface area contributed by atoms with Crippen molar-refractivity contribution in [2.24, 2.45) is 0 Å². The monoisotopic (exact) mass is 341 g/mol. The van der Waals surface area contributed by atoms with Crippen LogP contribution in [-0.4, -0.2) is 12.1 Å². The third-order valence-corrected chi connectivity index (χ3v) is 3.71. The van der Waals surface area contributed by atoms with Crippen LogP contribution in [0.3, 0.4) is 0 Å². The molecule has 0 aliphatic carbocycles. The molecule has 0 fully saturated rings. The predicted molar refractivity (Wildman–Crippen MR) is 93.1 cm³/mol. The Kier molecular flexibility index (Phi) is 5.18. The minimum absolute atomic E-state index is 0.383. The molecular formula is C19H16ClNO3. The molecule has 0 radical (unpaired) electrons. The molecule has 0 saturated heterocycles. The van der Waals surface area contributed by atoms with E-state index in [2.05, 4.69) is 4.98 Å². The first kappa shape index (κ1) is 16.1. The van der Waals surface area contributed by atoms with Crippen LogP contribution < -0.4 is 14.2 Å². The van der Waals surface area contributed by atoms with Crippen molar-refractivity contribution in [3.63, 3.8) is 0 Å². The number of methoxy groups -OCH3 is 1. The van der Waals surface area contributed by atoms with Crippen molar-refractivity contribution < 1.29 is 14.2 Å². The zero-order valence-corrected chi connectivity index (χ0v) is 13.9. The molecule has 0 aliphatic rings. The highest BCUT2D eigenvalue weighted by Gasteiger charge is 2.06. The van der Waals surface area contributed by atoms with Crippen LogP contribution in [0.1, 0.15) is 5.56 Å². The lowest BCUT2D eigenvalue weighted by atomic mass is 10.2. The van der Waals surface area contributed by atoms with E-state index in [-0.39, 0.29) is 0 Å². The van der Waals surface area contributed by atoms with E-state index in [0.29, 0.717) is 34.8 Å². The Hall–Kier alpha value is -2.72. The van der Waals surface area contributed by atoms with Crippen molar-refractivity contribution in [1.29, 1.82) is 0 Å². The molecule has 3 aromatic rings. The molecule has 4 nitrogen and oxygen atoms in total. The number of hydrogen-bond acceptors (Lipinski definition) is 4. The van der Waals surface area contributed by atoms with E-state index in [1.807, 2.05) is 48.5 Å². The Bertz CT molecular complexity index is 806. The van der Waals surface area contributed by atoms with Gasteiger partial charge >= 0.3 is 0 Å². The molecule has 0 atom stereocenters. The van der Waals surface area contributed by atoms with E-state index in [4.69, 9.17) is 25.8 Å². The number of benzene rings is 2. The van der Waals surface area contributed by atoms with Crippen LogP contribution in [0.15, 0.2) is 66.9 Å². The largest absolute Gasteiger partial charge is 0.493 e. The van der Waals surface area contributed by atoms with Crippen molar-refractivity contribution >= 4 is 11.6 Å². The summed E-state index contributed by atoms with van der Waals surface area (Å²) in [5, 5.41) is 0.682. The van der Waals surface area contributed by atoms with Gasteiger partial charge in [-0.05, 0) is 24.3 Å². The standard InChI is InChI=1S/C19H16ClNO3/c1-22-17-8-4-5-9-18(17)24-19-11-10-15(12-21-19)23-13-14-6-2-3-7-16(14)20/h2-12H,13H2,1H3. The highest BCUT2D eigenvalue weighted by Crippen LogP contribution is 2.30. The first-order chi connectivity index (χ1) is 11.8. The summed E-state index contributed by atoms with van der Waals surface area (Å²) in [5.41, 5.74) is 0.925. The van der Waals surface area contributed by atoms with Gasteiger partial charge in [-0.3, -0.25) is 0 Å². The molecule has 3 rings (SSSR count). The number of ether oxygens (including phenoxy) is 3. The molecule has 0 unspecified atom stereocenters. The molecule has 24 heavy (non-hydrogen) atoms. The summed E-state index contributed by atoms with van der Waals surface area (Å²) in [6, 6.07) is 18.5. The molecule has 0 saturated carbocycles. The predicted octanol–water partition coefficient (Wildman–Crippen LogP) is 5.11. The van der Waals surface area contributed by atoms with Crippen molar-refractivity contribution in [2.45, 2.75) is 6.61 Å². The second kappa shape index (κ2) is 7.70. The second-order valence-corrected chi connectivity index (χ2v) is 5.37. The molecule has 2 aromatic carbocycles. The number of rotatable bonds is 6. The number of para-hydroxylation sites is 2. The van der Waals surface area contributed by atoms with Gasteiger partial charge in [-0.1, -0.05) is 41.9 Å². The van der Waals surface area contributed by atoms with E-state index >= 15 is 0 Å². The number of halogens is 1. The topological polar surface area (TPSA) is 40.6 Å². The summed E-state index contributed by atoms with van der Waals surface area (Å²) in [6.45, 7) is 0.383. The average Bonchev–Trinajstić information content (AvgIpc) is 2.63. The van der Waals surface area contributed by atoms with Gasteiger partial charge in [0.2, 0.25) is 5.88 Å². The average molecular weight is 342 g/mol. The maximum atomic E-state index is 6.11. The molecule has 0 spiro atoms. The van der Waals surface area contributed by atoms with Crippen LogP contribution in [0.25, 0.3) is 0 Å². The zero-order valence-electron chi connectivity index (χ0n) is 13.1. The maximum Gasteiger partial charge on any atom is 0.219 e. The fourth-order valence-electron chi connectivity index (χ4n) is 2.10. The number of nitrogens with zero attached hydrogens (tertiary/aromatic N) is 1. The molecule has 122 valence electrons. The molecule has 0 N–H and O–H groups in total. The fraction of sp³-hybridized carbons (Fsp3) is 0.105. The number of aromatic nitrogens is 1. The lowest BCUT2D eigenvalue weighted by Gasteiger charge is -2.10. The lowest BCUT2D eigenvalue weighted by molar-refractivity contribution is 0.304. The Labute approximate surface area is 145 Å². The highest BCUT2D eigenvalue weighted by atomic mass is 35.5. The summed E-state index contributed by atoms with van der Waals surface area (Å²) in [5.74, 6) is 2.36. The van der Waals surface area contributed by atoms with Crippen LogP contribution in [0.5, 0.6) is 23.1 Å². The van der Waals surface area contributed by atoms with E-state index in [1.54, 1.807) is 25.4 Å². The van der Waals surface area contributed by atoms with Crippen LogP contribution in [0.4, 0.5) is 0 Å². The highest BCUT2D eigenvalue weighted by molar-refractivity contribution is 6.31. The molecule has 5 heteroatoms. The molecule has 0 amide bonds. The molecule has 1 heterocycles. The second-order valence-electron chi connectivity index (χ2n) is 4.97. The first-order valence-electron chi connectivity index (χ1n) is 7.39. The van der Waals surface area contributed by atoms with Gasteiger partial charge in [0.15, 0.2) is 11.5 Å². The van der Waals surface area contributed by atoms with E-state index in [0.717, 1.165) is 5.56 Å². The van der Waals surface area contributed by atoms with Crippen LogP contribution in [-0.2, 0) is 6.61 Å². The Balaban J connectivity index is 1.64. The van der Waals surface area contributed by atoms with Gasteiger partial charge in [-0.2, -0.15) is 0 Å². The summed E-state index contributed by atoms with van der Waals surface area (Å²) in [6.07, 6.45) is 1.61. The number of hydrogen-bond donors (Lipinski definition) is 0. The Morgan fingerprint density at radius 3 is 2.38 bits per heavy atom. The third kappa shape index (κ3) is 3.97. The third-order valence-electron chi connectivity index (χ3n) is 3.34. The van der Waals surface area contributed by atoms with Gasteiger partial charge in [0.05, 0.1) is 13.3 Å². The van der Waals surface area contributed by atoms with E-state index in [1.165, 1.54) is 0 Å². The molecular weight excluding hydrogens is 326 g/mol. The quantitative estimate of drug-likeness (QED) is 0.624. The summed E-state index contributed by atoms with van der Waals surface area (Å²) >= 11 is 6.11. The van der Waals surface area contributed by atoms with Gasteiger partial charge < -0.3 is 14.2 Å². The Morgan fingerprint density at radius 1 is 0.917 bits per heavy atom. The van der Waals surface area contributed by atoms with Gasteiger partial charge in [-0.25, -0.2) is 4.98 Å². The molecule has 0 bridgehead atoms.